The molecule has 0 spiro atoms. The second-order valence-electron chi connectivity index (χ2n) is 5.07. The first-order chi connectivity index (χ1) is 11.6. The Morgan fingerprint density at radius 1 is 1.25 bits per heavy atom. The van der Waals surface area contributed by atoms with Crippen LogP contribution in [0, 0.1) is 5.41 Å². The molecule has 0 aliphatic carbocycles. The molecule has 0 bridgehead atoms. The Bertz CT molecular complexity index is 1060. The van der Waals surface area contributed by atoms with Gasteiger partial charge in [0.2, 0.25) is 0 Å². The summed E-state index contributed by atoms with van der Waals surface area (Å²) in [5.74, 6) is 0.660. The molecule has 2 N–H and O–H groups in total. The summed E-state index contributed by atoms with van der Waals surface area (Å²) in [5, 5.41) is 9.16. The van der Waals surface area contributed by atoms with E-state index in [0.29, 0.717) is 33.6 Å². The average Bonchev–Trinajstić information content (AvgIpc) is 3.22. The van der Waals surface area contributed by atoms with Crippen LogP contribution in [-0.4, -0.2) is 24.5 Å². The smallest absolute Gasteiger partial charge is 0.173 e. The van der Waals surface area contributed by atoms with Crippen molar-refractivity contribution >= 4 is 45.7 Å². The van der Waals surface area contributed by atoms with Crippen LogP contribution in [0.1, 0.15) is 5.56 Å². The van der Waals surface area contributed by atoms with Gasteiger partial charge in [-0.25, -0.2) is 9.97 Å². The largest absolute Gasteiger partial charge is 0.333 e. The van der Waals surface area contributed by atoms with Gasteiger partial charge in [-0.05, 0) is 12.1 Å². The lowest BCUT2D eigenvalue weighted by molar-refractivity contribution is 0.784. The monoisotopic (exact) mass is 376 g/mol. The highest BCUT2D eigenvalue weighted by atomic mass is 35.5. The molecule has 0 saturated carbocycles. The standard InChI is InChI=1S/C15H10Cl2N6S/c16-9-2-1-3-10(17)8(9)5-23-6-20-13(18)12-15(23)22-14(21-12)11-4-19-7-24-11/h1-4,6-7,18H,5H2,(H,21,22). The highest BCUT2D eigenvalue weighted by molar-refractivity contribution is 7.13. The first-order valence-electron chi connectivity index (χ1n) is 6.95. The van der Waals surface area contributed by atoms with Gasteiger partial charge in [-0.2, -0.15) is 0 Å². The minimum absolute atomic E-state index is 0.134. The maximum Gasteiger partial charge on any atom is 0.173 e. The molecule has 4 aromatic rings. The zero-order valence-corrected chi connectivity index (χ0v) is 14.5. The fraction of sp³-hybridized carbons (Fsp3) is 0.0667. The average molecular weight is 377 g/mol. The normalized spacial score (nSPS) is 11.2. The quantitative estimate of drug-likeness (QED) is 0.571. The Balaban J connectivity index is 1.87. The lowest BCUT2D eigenvalue weighted by atomic mass is 10.2. The van der Waals surface area contributed by atoms with Gasteiger partial charge in [0, 0.05) is 21.8 Å². The first kappa shape index (κ1) is 15.3. The van der Waals surface area contributed by atoms with Crippen molar-refractivity contribution in [3.63, 3.8) is 0 Å². The summed E-state index contributed by atoms with van der Waals surface area (Å²) in [7, 11) is 0. The van der Waals surface area contributed by atoms with Gasteiger partial charge < -0.3 is 9.55 Å². The maximum absolute atomic E-state index is 8.00. The molecule has 0 fully saturated rings. The van der Waals surface area contributed by atoms with E-state index < -0.39 is 0 Å². The molecular weight excluding hydrogens is 367 g/mol. The summed E-state index contributed by atoms with van der Waals surface area (Å²) in [6, 6.07) is 5.39. The summed E-state index contributed by atoms with van der Waals surface area (Å²) >= 11 is 14.0. The number of fused-ring (bicyclic) bond motifs is 1. The molecular formula is C15H10Cl2N6S. The Labute approximate surface area is 150 Å². The molecule has 0 aliphatic rings. The third-order valence-electron chi connectivity index (χ3n) is 3.58. The Hall–Kier alpha value is -2.22. The molecule has 0 aliphatic heterocycles. The van der Waals surface area contributed by atoms with Crippen molar-refractivity contribution in [3.05, 3.63) is 57.3 Å². The van der Waals surface area contributed by atoms with Crippen molar-refractivity contribution in [2.45, 2.75) is 6.54 Å². The minimum Gasteiger partial charge on any atom is -0.333 e. The predicted molar refractivity (Wildman–Crippen MR) is 94.4 cm³/mol. The highest BCUT2D eigenvalue weighted by Gasteiger charge is 2.13. The van der Waals surface area contributed by atoms with Gasteiger partial charge in [0.15, 0.2) is 17.0 Å². The van der Waals surface area contributed by atoms with Crippen molar-refractivity contribution in [3.8, 4) is 10.7 Å². The van der Waals surface area contributed by atoms with Crippen LogP contribution in [0.15, 0.2) is 36.2 Å². The van der Waals surface area contributed by atoms with Crippen molar-refractivity contribution in [2.75, 3.05) is 0 Å². The number of benzene rings is 1. The van der Waals surface area contributed by atoms with Crippen LogP contribution in [0.2, 0.25) is 10.0 Å². The molecule has 0 saturated heterocycles. The Morgan fingerprint density at radius 3 is 2.75 bits per heavy atom. The van der Waals surface area contributed by atoms with E-state index in [2.05, 4.69) is 19.9 Å². The second kappa shape index (κ2) is 6.01. The van der Waals surface area contributed by atoms with Crippen LogP contribution in [0.4, 0.5) is 0 Å². The van der Waals surface area contributed by atoms with Gasteiger partial charge in [-0.15, -0.1) is 11.3 Å². The number of hydrogen-bond donors (Lipinski definition) is 2. The molecule has 3 aromatic heterocycles. The van der Waals surface area contributed by atoms with Crippen molar-refractivity contribution in [1.29, 1.82) is 5.41 Å². The van der Waals surface area contributed by atoms with Crippen molar-refractivity contribution in [2.24, 2.45) is 0 Å². The highest BCUT2D eigenvalue weighted by Crippen LogP contribution is 2.26. The van der Waals surface area contributed by atoms with Crippen LogP contribution < -0.4 is 5.49 Å². The molecule has 0 atom stereocenters. The number of imidazole rings is 1. The number of aromatic nitrogens is 5. The number of rotatable bonds is 3. The number of hydrogen-bond acceptors (Lipinski definition) is 5. The lowest BCUT2D eigenvalue weighted by Crippen LogP contribution is -2.13. The molecule has 120 valence electrons. The van der Waals surface area contributed by atoms with Gasteiger partial charge >= 0.3 is 0 Å². The van der Waals surface area contributed by atoms with Crippen LogP contribution in [0.25, 0.3) is 21.9 Å². The van der Waals surface area contributed by atoms with Crippen molar-refractivity contribution < 1.29 is 0 Å². The molecule has 0 radical (unpaired) electrons. The maximum atomic E-state index is 8.00. The third-order valence-corrected chi connectivity index (χ3v) is 5.06. The molecule has 0 unspecified atom stereocenters. The number of nitrogens with one attached hydrogen (secondary N) is 2. The lowest BCUT2D eigenvalue weighted by Gasteiger charge is -2.10. The number of aromatic amines is 1. The molecule has 3 heterocycles. The van der Waals surface area contributed by atoms with Gasteiger partial charge in [0.25, 0.3) is 0 Å². The van der Waals surface area contributed by atoms with Gasteiger partial charge in [0.05, 0.1) is 23.3 Å². The summed E-state index contributed by atoms with van der Waals surface area (Å²) in [6.45, 7) is 0.412. The van der Waals surface area contributed by atoms with E-state index in [0.717, 1.165) is 10.4 Å². The number of thiazole rings is 1. The fourth-order valence-electron chi connectivity index (χ4n) is 2.40. The summed E-state index contributed by atoms with van der Waals surface area (Å²) in [4.78, 5) is 16.8. The molecule has 6 nitrogen and oxygen atoms in total. The fourth-order valence-corrected chi connectivity index (χ4v) is 3.48. The van der Waals surface area contributed by atoms with E-state index in [9.17, 15) is 0 Å². The third kappa shape index (κ3) is 2.60. The molecule has 24 heavy (non-hydrogen) atoms. The zero-order chi connectivity index (χ0) is 16.7. The number of H-pyrrole nitrogens is 1. The molecule has 1 aromatic carbocycles. The predicted octanol–water partition coefficient (Wildman–Crippen LogP) is 3.72. The van der Waals surface area contributed by atoms with Crippen LogP contribution in [0.5, 0.6) is 0 Å². The Kier molecular flexibility index (Phi) is 3.84. The van der Waals surface area contributed by atoms with Crippen LogP contribution in [-0.2, 0) is 6.54 Å². The van der Waals surface area contributed by atoms with Gasteiger partial charge in [-0.1, -0.05) is 29.3 Å². The molecule has 0 amide bonds. The van der Waals surface area contributed by atoms with E-state index >= 15 is 0 Å². The van der Waals surface area contributed by atoms with Gasteiger partial charge in [0.1, 0.15) is 5.52 Å². The van der Waals surface area contributed by atoms with E-state index in [1.807, 2.05) is 4.57 Å². The molecule has 4 rings (SSSR count). The van der Waals surface area contributed by atoms with E-state index in [1.165, 1.54) is 11.3 Å². The summed E-state index contributed by atoms with van der Waals surface area (Å²) < 4.78 is 1.82. The first-order valence-corrected chi connectivity index (χ1v) is 8.58. The number of halogens is 2. The second-order valence-corrected chi connectivity index (χ2v) is 6.77. The summed E-state index contributed by atoms with van der Waals surface area (Å²) in [6.07, 6.45) is 3.30. The number of nitrogens with zero attached hydrogens (tertiary/aromatic N) is 4. The Morgan fingerprint density at radius 2 is 2.04 bits per heavy atom. The summed E-state index contributed by atoms with van der Waals surface area (Å²) in [5.41, 5.74) is 3.84. The van der Waals surface area contributed by atoms with E-state index in [1.54, 1.807) is 36.2 Å². The van der Waals surface area contributed by atoms with Crippen molar-refractivity contribution in [1.82, 2.24) is 24.5 Å². The SMILES string of the molecule is N=c1ncn(Cc2c(Cl)cccc2Cl)c2nc(-c3cncs3)[nH]c12. The topological polar surface area (TPSA) is 83.2 Å². The van der Waals surface area contributed by atoms with Crippen LogP contribution in [0.3, 0.4) is 0 Å². The zero-order valence-electron chi connectivity index (χ0n) is 12.1. The van der Waals surface area contributed by atoms with E-state index in [4.69, 9.17) is 28.6 Å². The van der Waals surface area contributed by atoms with Gasteiger partial charge in [-0.3, -0.25) is 10.4 Å². The molecule has 9 heteroatoms. The van der Waals surface area contributed by atoms with Crippen LogP contribution >= 0.6 is 34.5 Å². The minimum atomic E-state index is 0.134. The van der Waals surface area contributed by atoms with E-state index in [-0.39, 0.29) is 5.49 Å².